The van der Waals surface area contributed by atoms with E-state index in [-0.39, 0.29) is 30.9 Å². The van der Waals surface area contributed by atoms with Gasteiger partial charge in [-0.05, 0) is 79.6 Å². The number of hydrogen-bond acceptors (Lipinski definition) is 11. The van der Waals surface area contributed by atoms with Gasteiger partial charge >= 0.3 is 12.1 Å². The first-order valence-electron chi connectivity index (χ1n) is 18.8. The van der Waals surface area contributed by atoms with E-state index < -0.39 is 71.7 Å². The molecule has 4 rings (SSSR count). The average Bonchev–Trinajstić information content (AvgIpc) is 3.36. The van der Waals surface area contributed by atoms with E-state index in [0.717, 1.165) is 5.75 Å². The lowest BCUT2D eigenvalue weighted by Gasteiger charge is -2.47. The van der Waals surface area contributed by atoms with Crippen LogP contribution in [0, 0.1) is 17.8 Å². The molecule has 2 fully saturated rings. The maximum Gasteiger partial charge on any atom is 0.410 e. The van der Waals surface area contributed by atoms with Gasteiger partial charge in [0.1, 0.15) is 23.7 Å². The van der Waals surface area contributed by atoms with Crippen LogP contribution in [-0.4, -0.2) is 121 Å². The summed E-state index contributed by atoms with van der Waals surface area (Å²) in [4.78, 5) is 45.6. The quantitative estimate of drug-likeness (QED) is 0.245. The van der Waals surface area contributed by atoms with Crippen molar-refractivity contribution in [3.63, 3.8) is 0 Å². The Labute approximate surface area is 310 Å². The van der Waals surface area contributed by atoms with Crippen LogP contribution in [0.15, 0.2) is 42.0 Å². The fourth-order valence-corrected chi connectivity index (χ4v) is 8.55. The predicted octanol–water partition coefficient (Wildman–Crippen LogP) is 5.40. The second kappa shape index (κ2) is 17.4. The number of aliphatic hydroxyl groups excluding tert-OH is 1. The number of aliphatic hydroxyl groups is 1. The third-order valence-corrected chi connectivity index (χ3v) is 11.3. The lowest BCUT2D eigenvalue weighted by molar-refractivity contribution is -0.294. The lowest BCUT2D eigenvalue weighted by atomic mass is 9.74. The molecule has 0 bridgehead atoms. The molecule has 52 heavy (non-hydrogen) atoms. The SMILES string of the molecule is CC[C@H]1OC(=O)/C(C)=C/[C@H](C)[C@@H](O[C@@H]2O[C@H](C)C[C@H](N(C)C)[C@H]2O)[C@](C)(OC)C[C@@H](C)C(=O)[C@H](C)[C@H]2N(CCCOc3ccccc3)C(=O)O[C@]12C. The Morgan fingerprint density at radius 3 is 2.35 bits per heavy atom. The van der Waals surface area contributed by atoms with Gasteiger partial charge in [0.05, 0.1) is 30.5 Å². The maximum absolute atomic E-state index is 14.6. The minimum atomic E-state index is -1.31. The summed E-state index contributed by atoms with van der Waals surface area (Å²) in [6.07, 6.45) is -0.738. The van der Waals surface area contributed by atoms with Gasteiger partial charge in [0.15, 0.2) is 11.9 Å². The van der Waals surface area contributed by atoms with Gasteiger partial charge in [-0.25, -0.2) is 9.59 Å². The number of benzene rings is 1. The highest BCUT2D eigenvalue weighted by Gasteiger charge is 2.60. The number of cyclic esters (lactones) is 1. The van der Waals surface area contributed by atoms with E-state index in [2.05, 4.69) is 0 Å². The van der Waals surface area contributed by atoms with Crippen molar-refractivity contribution in [3.05, 3.63) is 42.0 Å². The molecular weight excluding hydrogens is 668 g/mol. The van der Waals surface area contributed by atoms with Crippen LogP contribution < -0.4 is 4.74 Å². The van der Waals surface area contributed by atoms with Crippen LogP contribution in [0.1, 0.15) is 81.1 Å². The number of Topliss-reactive ketones (excluding diaryl/α,β-unsaturated/α-hetero) is 1. The Balaban J connectivity index is 1.70. The molecule has 12 nitrogen and oxygen atoms in total. The van der Waals surface area contributed by atoms with E-state index in [4.69, 9.17) is 28.4 Å². The number of carbonyl (C=O) groups excluding carboxylic acids is 3. The van der Waals surface area contributed by atoms with Crippen molar-refractivity contribution in [1.29, 1.82) is 0 Å². The molecule has 1 amide bonds. The third kappa shape index (κ3) is 9.01. The van der Waals surface area contributed by atoms with E-state index in [1.165, 1.54) is 0 Å². The molecule has 1 N–H and O–H groups in total. The highest BCUT2D eigenvalue weighted by atomic mass is 16.7. The molecule has 3 heterocycles. The number of para-hydroxylation sites is 1. The molecule has 12 heteroatoms. The number of ketones is 1. The largest absolute Gasteiger partial charge is 0.494 e. The van der Waals surface area contributed by atoms with Gasteiger partial charge in [0, 0.05) is 43.0 Å². The summed E-state index contributed by atoms with van der Waals surface area (Å²) in [7, 11) is 5.40. The van der Waals surface area contributed by atoms with Crippen molar-refractivity contribution in [3.8, 4) is 5.75 Å². The van der Waals surface area contributed by atoms with Crippen LogP contribution in [0.3, 0.4) is 0 Å². The van der Waals surface area contributed by atoms with Gasteiger partial charge in [-0.1, -0.05) is 52.0 Å². The van der Waals surface area contributed by atoms with Crippen LogP contribution in [0.5, 0.6) is 5.75 Å². The third-order valence-electron chi connectivity index (χ3n) is 11.3. The molecule has 1 aromatic rings. The van der Waals surface area contributed by atoms with Crippen LogP contribution in [0.2, 0.25) is 0 Å². The summed E-state index contributed by atoms with van der Waals surface area (Å²) in [5.74, 6) is -1.61. The summed E-state index contributed by atoms with van der Waals surface area (Å²) < 4.78 is 37.3. The predicted molar refractivity (Wildman–Crippen MR) is 196 cm³/mol. The molecule has 12 atom stereocenters. The zero-order valence-electron chi connectivity index (χ0n) is 33.0. The Morgan fingerprint density at radius 2 is 1.73 bits per heavy atom. The number of nitrogens with zero attached hydrogens (tertiary/aromatic N) is 2. The first-order chi connectivity index (χ1) is 24.5. The smallest absolute Gasteiger partial charge is 0.410 e. The highest BCUT2D eigenvalue weighted by Crippen LogP contribution is 2.43. The molecule has 292 valence electrons. The number of carbonyl (C=O) groups is 3. The van der Waals surface area contributed by atoms with Crippen molar-refractivity contribution in [2.45, 2.75) is 135 Å². The summed E-state index contributed by atoms with van der Waals surface area (Å²) in [5, 5.41) is 11.4. The number of ether oxygens (including phenoxy) is 6. The second-order valence-corrected chi connectivity index (χ2v) is 15.7. The van der Waals surface area contributed by atoms with Gasteiger partial charge in [-0.3, -0.25) is 4.79 Å². The molecule has 0 radical (unpaired) electrons. The van der Waals surface area contributed by atoms with E-state index in [1.54, 1.807) is 31.9 Å². The molecule has 2 saturated heterocycles. The van der Waals surface area contributed by atoms with Crippen LogP contribution in [-0.2, 0) is 33.3 Å². The van der Waals surface area contributed by atoms with Crippen molar-refractivity contribution < 1.29 is 47.9 Å². The van der Waals surface area contributed by atoms with E-state index in [9.17, 15) is 19.5 Å². The highest BCUT2D eigenvalue weighted by molar-refractivity contribution is 5.88. The minimum Gasteiger partial charge on any atom is -0.494 e. The van der Waals surface area contributed by atoms with E-state index >= 15 is 0 Å². The first-order valence-corrected chi connectivity index (χ1v) is 18.8. The Bertz CT molecular complexity index is 1410. The van der Waals surface area contributed by atoms with Crippen molar-refractivity contribution in [2.75, 3.05) is 34.4 Å². The molecule has 3 aliphatic heterocycles. The molecule has 0 spiro atoms. The first kappa shape index (κ1) is 41.7. The van der Waals surface area contributed by atoms with Crippen LogP contribution in [0.4, 0.5) is 4.79 Å². The fourth-order valence-electron chi connectivity index (χ4n) is 8.55. The molecule has 0 aromatic heterocycles. The monoisotopic (exact) mass is 730 g/mol. The maximum atomic E-state index is 14.6. The normalized spacial score (nSPS) is 38.9. The lowest BCUT2D eigenvalue weighted by Crippen LogP contribution is -2.59. The van der Waals surface area contributed by atoms with Gasteiger partial charge in [0.25, 0.3) is 0 Å². The number of likely N-dealkylation sites (N-methyl/N-ethyl adjacent to an activating group) is 1. The number of amides is 1. The fraction of sp³-hybridized carbons (Fsp3) is 0.725. The molecule has 3 aliphatic rings. The number of esters is 1. The van der Waals surface area contributed by atoms with Crippen molar-refractivity contribution >= 4 is 17.8 Å². The van der Waals surface area contributed by atoms with Gasteiger partial charge in [-0.15, -0.1) is 0 Å². The van der Waals surface area contributed by atoms with Gasteiger partial charge in [-0.2, -0.15) is 0 Å². The summed E-state index contributed by atoms with van der Waals surface area (Å²) in [6, 6.07) is 8.50. The molecule has 1 aromatic carbocycles. The van der Waals surface area contributed by atoms with Gasteiger partial charge in [0.2, 0.25) is 0 Å². The van der Waals surface area contributed by atoms with Crippen molar-refractivity contribution in [1.82, 2.24) is 9.80 Å². The number of rotatable bonds is 10. The molecule has 0 aliphatic carbocycles. The Hall–Kier alpha value is -3.03. The van der Waals surface area contributed by atoms with Crippen molar-refractivity contribution in [2.24, 2.45) is 17.8 Å². The Kier molecular flexibility index (Phi) is 14.0. The van der Waals surface area contributed by atoms with Crippen LogP contribution in [0.25, 0.3) is 0 Å². The van der Waals surface area contributed by atoms with Gasteiger partial charge < -0.3 is 43.3 Å². The number of hydrogen-bond donors (Lipinski definition) is 1. The zero-order chi connectivity index (χ0) is 38.5. The average molecular weight is 731 g/mol. The summed E-state index contributed by atoms with van der Waals surface area (Å²) in [5.41, 5.74) is -2.03. The topological polar surface area (TPSA) is 133 Å². The Morgan fingerprint density at radius 1 is 1.06 bits per heavy atom. The molecule has 0 saturated carbocycles. The van der Waals surface area contributed by atoms with E-state index in [1.807, 2.05) is 90.9 Å². The zero-order valence-corrected chi connectivity index (χ0v) is 33.0. The number of methoxy groups -OCH3 is 1. The number of fused-ring (bicyclic) bond motifs is 1. The van der Waals surface area contributed by atoms with Crippen LogP contribution >= 0.6 is 0 Å². The standard InChI is InChI=1S/C40H62N2O10/c1-12-31-40(8)34(42(38(46)52-40)19-16-20-48-29-17-14-13-15-18-29)28(6)32(43)26(4)23-39(7,47-11)35(24(2)21-25(3)36(45)50-31)51-37-33(44)30(41(9)10)22-27(5)49-37/h13-15,17-18,21,24,26-28,30-31,33-35,37,44H,12,16,19-20,22-23H2,1-11H3/b25-21+/t24-,26+,27+,28-,30-,31+,33+,34+,35+,37-,39+,40+/m0/s1. The summed E-state index contributed by atoms with van der Waals surface area (Å²) in [6.45, 7) is 15.4. The molecular formula is C40H62N2O10. The van der Waals surface area contributed by atoms with E-state index in [0.29, 0.717) is 31.4 Å². The minimum absolute atomic E-state index is 0.0880. The molecule has 0 unspecified atom stereocenters. The second-order valence-electron chi connectivity index (χ2n) is 15.7. The summed E-state index contributed by atoms with van der Waals surface area (Å²) >= 11 is 0.